The lowest BCUT2D eigenvalue weighted by Crippen LogP contribution is -2.08. The maximum atomic E-state index is 11.6. The van der Waals surface area contributed by atoms with Crippen molar-refractivity contribution in [2.45, 2.75) is 32.1 Å². The molecule has 0 heterocycles. The van der Waals surface area contributed by atoms with Gasteiger partial charge in [0.1, 0.15) is 0 Å². The van der Waals surface area contributed by atoms with Crippen LogP contribution >= 0.6 is 0 Å². The minimum Gasteiger partial charge on any atom is -0.469 e. The zero-order valence-corrected chi connectivity index (χ0v) is 14.6. The van der Waals surface area contributed by atoms with Crippen molar-refractivity contribution in [3.05, 3.63) is 58.7 Å². The Morgan fingerprint density at radius 2 is 1.56 bits per heavy atom. The van der Waals surface area contributed by atoms with Crippen molar-refractivity contribution in [1.29, 1.82) is 0 Å². The summed E-state index contributed by atoms with van der Waals surface area (Å²) in [4.78, 5) is 23.2. The molecular formula is C21H22O4. The fourth-order valence-corrected chi connectivity index (χ4v) is 3.54. The molecule has 2 aromatic carbocycles. The zero-order valence-electron chi connectivity index (χ0n) is 14.6. The lowest BCUT2D eigenvalue weighted by molar-refractivity contribution is -0.141. The van der Waals surface area contributed by atoms with Gasteiger partial charge in [-0.15, -0.1) is 0 Å². The minimum atomic E-state index is -0.220. The molecule has 0 aromatic heterocycles. The smallest absolute Gasteiger partial charge is 0.305 e. The van der Waals surface area contributed by atoms with Crippen LogP contribution in [0.1, 0.15) is 35.1 Å². The first-order valence-corrected chi connectivity index (χ1v) is 8.49. The molecule has 1 aliphatic rings. The Morgan fingerprint density at radius 3 is 2.28 bits per heavy atom. The first-order chi connectivity index (χ1) is 12.1. The molecule has 4 heteroatoms. The maximum Gasteiger partial charge on any atom is 0.305 e. The van der Waals surface area contributed by atoms with Crippen molar-refractivity contribution < 1.29 is 19.1 Å². The third kappa shape index (κ3) is 3.58. The topological polar surface area (TPSA) is 52.6 Å². The summed E-state index contributed by atoms with van der Waals surface area (Å²) in [6.45, 7) is 0. The van der Waals surface area contributed by atoms with Crippen LogP contribution in [0.15, 0.2) is 36.4 Å². The van der Waals surface area contributed by atoms with Crippen LogP contribution in [0.3, 0.4) is 0 Å². The van der Waals surface area contributed by atoms with Crippen LogP contribution in [-0.2, 0) is 38.3 Å². The van der Waals surface area contributed by atoms with Crippen molar-refractivity contribution in [2.24, 2.45) is 0 Å². The second-order valence-corrected chi connectivity index (χ2v) is 6.22. The molecule has 1 aliphatic carbocycles. The standard InChI is InChI=1S/C21H22O4/c1-24-20(22)11-8-14-7-9-18-16-6-4-3-5-15(16)13-19(18)17(14)10-12-21(23)25-2/h3-7,9H,8,10-13H2,1-2H3. The van der Waals surface area contributed by atoms with E-state index in [0.717, 1.165) is 12.0 Å². The Hall–Kier alpha value is -2.62. The molecule has 0 bridgehead atoms. The van der Waals surface area contributed by atoms with E-state index in [2.05, 4.69) is 30.3 Å². The molecule has 0 amide bonds. The molecular weight excluding hydrogens is 316 g/mol. The molecule has 130 valence electrons. The molecule has 3 rings (SSSR count). The number of carbonyl (C=O) groups excluding carboxylic acids is 2. The quantitative estimate of drug-likeness (QED) is 0.646. The number of ether oxygens (including phenoxy) is 2. The summed E-state index contributed by atoms with van der Waals surface area (Å²) in [5, 5.41) is 0. The monoisotopic (exact) mass is 338 g/mol. The third-order valence-corrected chi connectivity index (χ3v) is 4.84. The largest absolute Gasteiger partial charge is 0.469 e. The first kappa shape index (κ1) is 17.2. The Morgan fingerprint density at radius 1 is 0.880 bits per heavy atom. The summed E-state index contributed by atoms with van der Waals surface area (Å²) >= 11 is 0. The second-order valence-electron chi connectivity index (χ2n) is 6.22. The van der Waals surface area contributed by atoms with Gasteiger partial charge in [-0.25, -0.2) is 0 Å². The van der Waals surface area contributed by atoms with E-state index < -0.39 is 0 Å². The average Bonchev–Trinajstić information content (AvgIpc) is 3.02. The Kier molecular flexibility index (Phi) is 5.17. The SMILES string of the molecule is COC(=O)CCc1ccc2c(c1CCC(=O)OC)Cc1ccccc1-2. The van der Waals surface area contributed by atoms with Crippen LogP contribution in [0, 0.1) is 0 Å². The highest BCUT2D eigenvalue weighted by molar-refractivity contribution is 5.79. The summed E-state index contributed by atoms with van der Waals surface area (Å²) in [6, 6.07) is 12.6. The molecule has 0 radical (unpaired) electrons. The van der Waals surface area contributed by atoms with E-state index in [1.807, 2.05) is 6.07 Å². The first-order valence-electron chi connectivity index (χ1n) is 8.49. The highest BCUT2D eigenvalue weighted by Crippen LogP contribution is 2.40. The predicted octanol–water partition coefficient (Wildman–Crippen LogP) is 3.47. The van der Waals surface area contributed by atoms with Gasteiger partial charge in [-0.3, -0.25) is 9.59 Å². The Labute approximate surface area is 147 Å². The summed E-state index contributed by atoms with van der Waals surface area (Å²) < 4.78 is 9.55. The molecule has 0 atom stereocenters. The minimum absolute atomic E-state index is 0.216. The van der Waals surface area contributed by atoms with Gasteiger partial charge in [0.25, 0.3) is 0 Å². The number of methoxy groups -OCH3 is 2. The molecule has 0 unspecified atom stereocenters. The molecule has 25 heavy (non-hydrogen) atoms. The molecule has 0 aliphatic heterocycles. The number of aryl methyl sites for hydroxylation is 1. The lowest BCUT2D eigenvalue weighted by Gasteiger charge is -2.14. The van der Waals surface area contributed by atoms with Gasteiger partial charge in [-0.05, 0) is 52.6 Å². The molecule has 0 spiro atoms. The van der Waals surface area contributed by atoms with E-state index in [1.165, 1.54) is 42.0 Å². The van der Waals surface area contributed by atoms with Gasteiger partial charge in [0.05, 0.1) is 14.2 Å². The summed E-state index contributed by atoms with van der Waals surface area (Å²) in [5.74, 6) is -0.435. The Balaban J connectivity index is 1.95. The highest BCUT2D eigenvalue weighted by atomic mass is 16.5. The van der Waals surface area contributed by atoms with Crippen molar-refractivity contribution in [2.75, 3.05) is 14.2 Å². The van der Waals surface area contributed by atoms with Gasteiger partial charge >= 0.3 is 11.9 Å². The number of benzene rings is 2. The zero-order chi connectivity index (χ0) is 17.8. The van der Waals surface area contributed by atoms with Gasteiger partial charge in [0.15, 0.2) is 0 Å². The fourth-order valence-electron chi connectivity index (χ4n) is 3.54. The fraction of sp³-hybridized carbons (Fsp3) is 0.333. The van der Waals surface area contributed by atoms with E-state index in [-0.39, 0.29) is 11.9 Å². The predicted molar refractivity (Wildman–Crippen MR) is 95.4 cm³/mol. The highest BCUT2D eigenvalue weighted by Gasteiger charge is 2.23. The van der Waals surface area contributed by atoms with Crippen LogP contribution < -0.4 is 0 Å². The van der Waals surface area contributed by atoms with Crippen LogP contribution in [0.25, 0.3) is 11.1 Å². The van der Waals surface area contributed by atoms with Gasteiger partial charge < -0.3 is 9.47 Å². The summed E-state index contributed by atoms with van der Waals surface area (Å²) in [6.07, 6.45) is 2.79. The van der Waals surface area contributed by atoms with Crippen molar-refractivity contribution in [1.82, 2.24) is 0 Å². The molecule has 2 aromatic rings. The third-order valence-electron chi connectivity index (χ3n) is 4.84. The van der Waals surface area contributed by atoms with Crippen LogP contribution in [0.5, 0.6) is 0 Å². The Bertz CT molecular complexity index is 808. The van der Waals surface area contributed by atoms with Crippen LogP contribution in [0.4, 0.5) is 0 Å². The maximum absolute atomic E-state index is 11.6. The number of carbonyl (C=O) groups is 2. The second kappa shape index (κ2) is 7.51. The van der Waals surface area contributed by atoms with Gasteiger partial charge in [0, 0.05) is 12.8 Å². The van der Waals surface area contributed by atoms with E-state index in [1.54, 1.807) is 0 Å². The number of rotatable bonds is 6. The van der Waals surface area contributed by atoms with E-state index in [0.29, 0.717) is 25.7 Å². The van der Waals surface area contributed by atoms with Gasteiger partial charge in [0.2, 0.25) is 0 Å². The van der Waals surface area contributed by atoms with Gasteiger partial charge in [-0.2, -0.15) is 0 Å². The lowest BCUT2D eigenvalue weighted by atomic mass is 9.91. The van der Waals surface area contributed by atoms with E-state index in [4.69, 9.17) is 9.47 Å². The average molecular weight is 338 g/mol. The summed E-state index contributed by atoms with van der Waals surface area (Å²) in [7, 11) is 2.81. The molecule has 0 fully saturated rings. The van der Waals surface area contributed by atoms with Crippen molar-refractivity contribution in [3.63, 3.8) is 0 Å². The molecule has 0 N–H and O–H groups in total. The van der Waals surface area contributed by atoms with Gasteiger partial charge in [-0.1, -0.05) is 36.4 Å². The number of hydrogen-bond donors (Lipinski definition) is 0. The molecule has 0 saturated carbocycles. The number of fused-ring (bicyclic) bond motifs is 3. The van der Waals surface area contributed by atoms with Crippen molar-refractivity contribution >= 4 is 11.9 Å². The number of hydrogen-bond acceptors (Lipinski definition) is 4. The van der Waals surface area contributed by atoms with Crippen LogP contribution in [-0.4, -0.2) is 26.2 Å². The molecule has 4 nitrogen and oxygen atoms in total. The van der Waals surface area contributed by atoms with E-state index in [9.17, 15) is 9.59 Å². The molecule has 0 saturated heterocycles. The normalized spacial score (nSPS) is 11.6. The summed E-state index contributed by atoms with van der Waals surface area (Å²) in [5.41, 5.74) is 7.35. The number of esters is 2. The van der Waals surface area contributed by atoms with Crippen LogP contribution in [0.2, 0.25) is 0 Å². The van der Waals surface area contributed by atoms with Crippen molar-refractivity contribution in [3.8, 4) is 11.1 Å². The van der Waals surface area contributed by atoms with E-state index >= 15 is 0 Å².